The lowest BCUT2D eigenvalue weighted by atomic mass is 10.1. The van der Waals surface area contributed by atoms with Gasteiger partial charge in [0.2, 0.25) is 0 Å². The van der Waals surface area contributed by atoms with E-state index in [1.54, 1.807) is 0 Å². The van der Waals surface area contributed by atoms with E-state index in [9.17, 15) is 0 Å². The minimum absolute atomic E-state index is 0. The zero-order chi connectivity index (χ0) is 19.2. The number of morpholine rings is 1. The summed E-state index contributed by atoms with van der Waals surface area (Å²) in [5.74, 6) is 1.02. The number of aliphatic imine (C=N–C) groups is 1. The first-order valence-corrected chi connectivity index (χ1v) is 10.2. The molecule has 1 atom stereocenters. The van der Waals surface area contributed by atoms with Gasteiger partial charge >= 0.3 is 0 Å². The molecule has 2 aliphatic rings. The molecule has 3 rings (SSSR count). The first-order chi connectivity index (χ1) is 13.1. The largest absolute Gasteiger partial charge is 0.374 e. The number of aryl methyl sites for hydroxylation is 1. The Kier molecular flexibility index (Phi) is 9.30. The minimum atomic E-state index is 0. The van der Waals surface area contributed by atoms with Crippen molar-refractivity contribution >= 4 is 35.6 Å². The van der Waals surface area contributed by atoms with E-state index in [1.165, 1.54) is 16.8 Å². The molecule has 0 aliphatic carbocycles. The van der Waals surface area contributed by atoms with Gasteiger partial charge in [-0.3, -0.25) is 4.99 Å². The Morgan fingerprint density at radius 1 is 1.18 bits per heavy atom. The Morgan fingerprint density at radius 2 is 1.93 bits per heavy atom. The van der Waals surface area contributed by atoms with E-state index in [4.69, 9.17) is 9.73 Å². The van der Waals surface area contributed by atoms with Crippen molar-refractivity contribution in [1.82, 2.24) is 15.1 Å². The van der Waals surface area contributed by atoms with Crippen molar-refractivity contribution in [1.29, 1.82) is 0 Å². The van der Waals surface area contributed by atoms with Crippen molar-refractivity contribution in [2.75, 3.05) is 70.9 Å². The Balaban J connectivity index is 0.00000280. The van der Waals surface area contributed by atoms with Crippen LogP contribution in [0.2, 0.25) is 0 Å². The topological polar surface area (TPSA) is 43.3 Å². The summed E-state index contributed by atoms with van der Waals surface area (Å²) >= 11 is 0. The Hall–Kier alpha value is -1.06. The Labute approximate surface area is 187 Å². The summed E-state index contributed by atoms with van der Waals surface area (Å²) in [6.07, 6.45) is 0.202. The quantitative estimate of drug-likeness (QED) is 0.390. The molecule has 0 aromatic heterocycles. The second-order valence-electron chi connectivity index (χ2n) is 7.64. The third-order valence-corrected chi connectivity index (χ3v) is 5.62. The van der Waals surface area contributed by atoms with Gasteiger partial charge in [0.25, 0.3) is 0 Å². The molecular formula is C21H36IN5O. The number of hydrogen-bond donors (Lipinski definition) is 1. The first-order valence-electron chi connectivity index (χ1n) is 10.2. The van der Waals surface area contributed by atoms with Gasteiger partial charge in [0.05, 0.1) is 19.3 Å². The van der Waals surface area contributed by atoms with E-state index in [0.29, 0.717) is 0 Å². The monoisotopic (exact) mass is 501 g/mol. The van der Waals surface area contributed by atoms with Crippen molar-refractivity contribution < 1.29 is 4.74 Å². The highest BCUT2D eigenvalue weighted by Crippen LogP contribution is 2.23. The molecular weight excluding hydrogens is 465 g/mol. The van der Waals surface area contributed by atoms with Crippen molar-refractivity contribution in [3.05, 3.63) is 29.3 Å². The highest BCUT2D eigenvalue weighted by Gasteiger charge is 2.22. The van der Waals surface area contributed by atoms with Gasteiger partial charge in [0.15, 0.2) is 5.96 Å². The summed E-state index contributed by atoms with van der Waals surface area (Å²) in [5, 5.41) is 3.47. The zero-order valence-electron chi connectivity index (χ0n) is 17.8. The smallest absolute Gasteiger partial charge is 0.194 e. The summed E-state index contributed by atoms with van der Waals surface area (Å²) in [5.41, 5.74) is 4.13. The van der Waals surface area contributed by atoms with E-state index < -0.39 is 0 Å². The van der Waals surface area contributed by atoms with Crippen LogP contribution in [-0.2, 0) is 4.74 Å². The number of nitrogens with one attached hydrogen (secondary N) is 1. The molecule has 6 nitrogen and oxygen atoms in total. The molecule has 2 fully saturated rings. The summed E-state index contributed by atoms with van der Waals surface area (Å²) in [4.78, 5) is 12.1. The fourth-order valence-corrected chi connectivity index (χ4v) is 3.83. The number of benzene rings is 1. The third-order valence-electron chi connectivity index (χ3n) is 5.62. The number of guanidine groups is 1. The number of piperazine rings is 1. The minimum Gasteiger partial charge on any atom is -0.374 e. The summed E-state index contributed by atoms with van der Waals surface area (Å²) in [6, 6.07) is 6.60. The molecule has 0 amide bonds. The number of rotatable bonds is 4. The van der Waals surface area contributed by atoms with E-state index in [2.05, 4.69) is 66.0 Å². The van der Waals surface area contributed by atoms with Gasteiger partial charge in [-0.05, 0) is 45.0 Å². The fourth-order valence-electron chi connectivity index (χ4n) is 3.83. The average Bonchev–Trinajstić information content (AvgIpc) is 2.68. The second-order valence-corrected chi connectivity index (χ2v) is 7.64. The lowest BCUT2D eigenvalue weighted by Gasteiger charge is -2.38. The molecule has 2 aliphatic heterocycles. The molecule has 28 heavy (non-hydrogen) atoms. The maximum absolute atomic E-state index is 5.86. The van der Waals surface area contributed by atoms with Gasteiger partial charge in [-0.2, -0.15) is 0 Å². The van der Waals surface area contributed by atoms with Crippen LogP contribution in [0.15, 0.2) is 23.2 Å². The summed E-state index contributed by atoms with van der Waals surface area (Å²) in [6.45, 7) is 15.0. The number of nitrogens with zero attached hydrogens (tertiary/aromatic N) is 4. The van der Waals surface area contributed by atoms with Crippen LogP contribution >= 0.6 is 24.0 Å². The lowest BCUT2D eigenvalue weighted by molar-refractivity contribution is -0.0137. The molecule has 2 saturated heterocycles. The molecule has 0 spiro atoms. The second kappa shape index (κ2) is 11.2. The predicted molar refractivity (Wildman–Crippen MR) is 128 cm³/mol. The van der Waals surface area contributed by atoms with Crippen LogP contribution in [0.25, 0.3) is 0 Å². The molecule has 1 N–H and O–H groups in total. The lowest BCUT2D eigenvalue weighted by Crippen LogP contribution is -2.53. The number of ether oxygens (including phenoxy) is 1. The van der Waals surface area contributed by atoms with E-state index >= 15 is 0 Å². The van der Waals surface area contributed by atoms with Gasteiger partial charge < -0.3 is 24.8 Å². The average molecular weight is 501 g/mol. The van der Waals surface area contributed by atoms with Gasteiger partial charge in [0, 0.05) is 51.5 Å². The zero-order valence-corrected chi connectivity index (χ0v) is 20.1. The number of anilines is 1. The van der Waals surface area contributed by atoms with Gasteiger partial charge in [-0.15, -0.1) is 24.0 Å². The third kappa shape index (κ3) is 5.97. The normalized spacial score (nSPS) is 21.4. The maximum atomic E-state index is 5.86. The van der Waals surface area contributed by atoms with Crippen LogP contribution in [0.1, 0.15) is 18.1 Å². The number of likely N-dealkylation sites (N-methyl/N-ethyl adjacent to an activating group) is 1. The van der Waals surface area contributed by atoms with Crippen molar-refractivity contribution in [3.63, 3.8) is 0 Å². The number of halogens is 1. The van der Waals surface area contributed by atoms with Crippen LogP contribution in [0.5, 0.6) is 0 Å². The SMILES string of the molecule is CCNC(=NCC1CN(C)CCO1)N1CCN(c2cccc(C)c2C)CC1.I. The van der Waals surface area contributed by atoms with Gasteiger partial charge in [0.1, 0.15) is 0 Å². The van der Waals surface area contributed by atoms with Crippen molar-refractivity contribution in [2.45, 2.75) is 26.9 Å². The molecule has 2 heterocycles. The summed E-state index contributed by atoms with van der Waals surface area (Å²) < 4.78 is 5.86. The highest BCUT2D eigenvalue weighted by atomic mass is 127. The van der Waals surface area contributed by atoms with Crippen LogP contribution in [0.4, 0.5) is 5.69 Å². The maximum Gasteiger partial charge on any atom is 0.194 e. The molecule has 1 aromatic rings. The molecule has 0 saturated carbocycles. The molecule has 0 radical (unpaired) electrons. The molecule has 158 valence electrons. The fraction of sp³-hybridized carbons (Fsp3) is 0.667. The molecule has 1 aromatic carbocycles. The van der Waals surface area contributed by atoms with Gasteiger partial charge in [-0.1, -0.05) is 12.1 Å². The molecule has 7 heteroatoms. The van der Waals surface area contributed by atoms with Crippen LogP contribution in [-0.4, -0.2) is 87.9 Å². The summed E-state index contributed by atoms with van der Waals surface area (Å²) in [7, 11) is 2.15. The first kappa shape index (κ1) is 23.2. The van der Waals surface area contributed by atoms with E-state index in [1.807, 2.05) is 0 Å². The van der Waals surface area contributed by atoms with Crippen molar-refractivity contribution in [2.24, 2.45) is 4.99 Å². The predicted octanol–water partition coefficient (Wildman–Crippen LogP) is 2.34. The molecule has 0 bridgehead atoms. The van der Waals surface area contributed by atoms with Crippen LogP contribution in [0, 0.1) is 13.8 Å². The van der Waals surface area contributed by atoms with Gasteiger partial charge in [-0.25, -0.2) is 0 Å². The number of hydrogen-bond acceptors (Lipinski definition) is 4. The van der Waals surface area contributed by atoms with Crippen LogP contribution < -0.4 is 10.2 Å². The van der Waals surface area contributed by atoms with Crippen molar-refractivity contribution in [3.8, 4) is 0 Å². The van der Waals surface area contributed by atoms with E-state index in [0.717, 1.165) is 64.9 Å². The Bertz CT molecular complexity index is 646. The standard InChI is InChI=1S/C21H35N5O.HI/c1-5-22-21(23-15-19-16-24(4)13-14-27-19)26-11-9-25(10-12-26)20-8-6-7-17(2)18(20)3;/h6-8,19H,5,9-16H2,1-4H3,(H,22,23);1H. The molecule has 1 unspecified atom stereocenters. The Morgan fingerprint density at radius 3 is 2.61 bits per heavy atom. The van der Waals surface area contributed by atoms with Crippen LogP contribution in [0.3, 0.4) is 0 Å². The van der Waals surface area contributed by atoms with E-state index in [-0.39, 0.29) is 30.1 Å². The highest BCUT2D eigenvalue weighted by molar-refractivity contribution is 14.0.